The van der Waals surface area contributed by atoms with Crippen molar-refractivity contribution in [1.29, 1.82) is 15.8 Å². The highest BCUT2D eigenvalue weighted by molar-refractivity contribution is 5.53. The van der Waals surface area contributed by atoms with Gasteiger partial charge in [-0.2, -0.15) is 15.8 Å². The molecule has 0 N–H and O–H groups in total. The van der Waals surface area contributed by atoms with Crippen LogP contribution in [0, 0.1) is 34.0 Å². The fraction of sp³-hybridized carbons (Fsp3) is 0.222. The summed E-state index contributed by atoms with van der Waals surface area (Å²) in [6.07, 6.45) is 0. The molecule has 0 saturated carbocycles. The van der Waals surface area contributed by atoms with Crippen molar-refractivity contribution >= 4 is 5.82 Å². The van der Waals surface area contributed by atoms with E-state index in [1.165, 1.54) is 0 Å². The van der Waals surface area contributed by atoms with Crippen molar-refractivity contribution in [2.75, 3.05) is 19.0 Å². The number of hydrogen-bond acceptors (Lipinski definition) is 6. The highest BCUT2D eigenvalue weighted by atomic mass is 15.2. The van der Waals surface area contributed by atoms with Crippen molar-refractivity contribution in [3.8, 4) is 18.2 Å². The largest absolute Gasteiger partial charge is 0.360 e. The topological polar surface area (TPSA) is 100 Å². The number of aromatic nitrogens is 2. The van der Waals surface area contributed by atoms with Gasteiger partial charge in [0, 0.05) is 14.1 Å². The molecule has 15 heavy (non-hydrogen) atoms. The quantitative estimate of drug-likeness (QED) is 0.637. The molecule has 0 aliphatic carbocycles. The highest BCUT2D eigenvalue weighted by Crippen LogP contribution is 2.14. The second-order valence-electron chi connectivity index (χ2n) is 2.82. The number of nitrogens with zero attached hydrogens (tertiary/aromatic N) is 6. The van der Waals surface area contributed by atoms with Gasteiger partial charge >= 0.3 is 0 Å². The molecule has 0 amide bonds. The lowest BCUT2D eigenvalue weighted by Gasteiger charge is -2.12. The molecule has 1 heterocycles. The van der Waals surface area contributed by atoms with Gasteiger partial charge < -0.3 is 4.90 Å². The van der Waals surface area contributed by atoms with Crippen LogP contribution in [0.4, 0.5) is 5.82 Å². The first-order valence-electron chi connectivity index (χ1n) is 3.93. The normalized spacial score (nSPS) is 8.47. The molecule has 72 valence electrons. The second kappa shape index (κ2) is 4.04. The molecule has 0 atom stereocenters. The van der Waals surface area contributed by atoms with E-state index in [9.17, 15) is 0 Å². The number of hydrogen-bond donors (Lipinski definition) is 0. The van der Waals surface area contributed by atoms with Crippen LogP contribution < -0.4 is 4.90 Å². The zero-order chi connectivity index (χ0) is 11.4. The first-order chi connectivity index (χ1) is 7.13. The Hall–Kier alpha value is -2.65. The summed E-state index contributed by atoms with van der Waals surface area (Å²) in [4.78, 5) is 9.21. The molecule has 6 heteroatoms. The number of nitriles is 3. The van der Waals surface area contributed by atoms with E-state index in [4.69, 9.17) is 15.8 Å². The predicted octanol–water partition coefficient (Wildman–Crippen LogP) is 0.158. The smallest absolute Gasteiger partial charge is 0.184 e. The molecular weight excluding hydrogens is 192 g/mol. The van der Waals surface area contributed by atoms with Crippen LogP contribution >= 0.6 is 0 Å². The van der Waals surface area contributed by atoms with Crippen LogP contribution in [-0.2, 0) is 0 Å². The molecule has 0 radical (unpaired) electrons. The molecular formula is C9H6N6. The lowest BCUT2D eigenvalue weighted by Crippen LogP contribution is -2.15. The molecule has 0 aromatic carbocycles. The van der Waals surface area contributed by atoms with Crippen molar-refractivity contribution in [3.63, 3.8) is 0 Å². The van der Waals surface area contributed by atoms with Gasteiger partial charge in [0.05, 0.1) is 0 Å². The van der Waals surface area contributed by atoms with Gasteiger partial charge in [-0.25, -0.2) is 9.97 Å². The molecule has 0 bridgehead atoms. The Morgan fingerprint density at radius 3 is 1.73 bits per heavy atom. The molecule has 1 rings (SSSR count). The minimum Gasteiger partial charge on any atom is -0.360 e. The summed E-state index contributed by atoms with van der Waals surface area (Å²) in [5, 5.41) is 26.2. The summed E-state index contributed by atoms with van der Waals surface area (Å²) < 4.78 is 0. The van der Waals surface area contributed by atoms with Crippen LogP contribution in [-0.4, -0.2) is 24.1 Å². The van der Waals surface area contributed by atoms with Crippen molar-refractivity contribution in [3.05, 3.63) is 17.1 Å². The van der Waals surface area contributed by atoms with Gasteiger partial charge in [-0.1, -0.05) is 0 Å². The average Bonchev–Trinajstić information content (AvgIpc) is 2.26. The summed E-state index contributed by atoms with van der Waals surface area (Å²) in [5.41, 5.74) is -0.157. The van der Waals surface area contributed by atoms with Crippen molar-refractivity contribution < 1.29 is 0 Å². The molecule has 0 aliphatic heterocycles. The average molecular weight is 198 g/mol. The van der Waals surface area contributed by atoms with E-state index in [1.807, 2.05) is 6.07 Å². The first-order valence-corrected chi connectivity index (χ1v) is 3.93. The van der Waals surface area contributed by atoms with Crippen molar-refractivity contribution in [1.82, 2.24) is 9.97 Å². The van der Waals surface area contributed by atoms with Crippen LogP contribution in [0.15, 0.2) is 0 Å². The molecule has 6 nitrogen and oxygen atoms in total. The summed E-state index contributed by atoms with van der Waals surface area (Å²) in [5.74, 6) is 0.285. The summed E-state index contributed by atoms with van der Waals surface area (Å²) in [6, 6.07) is 5.31. The van der Waals surface area contributed by atoms with Gasteiger partial charge in [-0.3, -0.25) is 0 Å². The van der Waals surface area contributed by atoms with Crippen LogP contribution in [0.3, 0.4) is 0 Å². The van der Waals surface area contributed by atoms with Crippen LogP contribution in [0.25, 0.3) is 0 Å². The molecule has 1 aromatic heterocycles. The lowest BCUT2D eigenvalue weighted by molar-refractivity contribution is 1.00. The molecule has 0 fully saturated rings. The summed E-state index contributed by atoms with van der Waals surface area (Å²) in [6.45, 7) is 0. The standard InChI is InChI=1S/C9H6N6/c1-15(2)9-8(5-12)13-6(3-10)7(4-11)14-9/h1-2H3. The first kappa shape index (κ1) is 10.4. The maximum atomic E-state index is 8.78. The van der Waals surface area contributed by atoms with Gasteiger partial charge in [-0.05, 0) is 0 Å². The molecule has 0 aliphatic rings. The van der Waals surface area contributed by atoms with Crippen LogP contribution in [0.1, 0.15) is 17.1 Å². The van der Waals surface area contributed by atoms with E-state index < -0.39 is 0 Å². The maximum Gasteiger partial charge on any atom is 0.184 e. The summed E-state index contributed by atoms with van der Waals surface area (Å²) >= 11 is 0. The third-order valence-electron chi connectivity index (χ3n) is 1.62. The van der Waals surface area contributed by atoms with Gasteiger partial charge in [0.25, 0.3) is 0 Å². The Kier molecular flexibility index (Phi) is 2.81. The van der Waals surface area contributed by atoms with Crippen LogP contribution in [0.2, 0.25) is 0 Å². The molecule has 0 spiro atoms. The Morgan fingerprint density at radius 2 is 1.33 bits per heavy atom. The Bertz CT molecular complexity index is 511. The molecule has 0 unspecified atom stereocenters. The fourth-order valence-corrected chi connectivity index (χ4v) is 0.969. The summed E-state index contributed by atoms with van der Waals surface area (Å²) in [7, 11) is 3.36. The van der Waals surface area contributed by atoms with Gasteiger partial charge in [0.1, 0.15) is 18.2 Å². The molecule has 1 aromatic rings. The highest BCUT2D eigenvalue weighted by Gasteiger charge is 2.14. The zero-order valence-electron chi connectivity index (χ0n) is 8.18. The molecule has 0 saturated heterocycles. The van der Waals surface area contributed by atoms with E-state index in [2.05, 4.69) is 9.97 Å². The minimum absolute atomic E-state index is 0.0375. The lowest BCUT2D eigenvalue weighted by atomic mass is 10.3. The maximum absolute atomic E-state index is 8.78. The van der Waals surface area contributed by atoms with Crippen molar-refractivity contribution in [2.24, 2.45) is 0 Å². The van der Waals surface area contributed by atoms with E-state index in [0.29, 0.717) is 0 Å². The minimum atomic E-state index is -0.125. The fourth-order valence-electron chi connectivity index (χ4n) is 0.969. The van der Waals surface area contributed by atoms with E-state index >= 15 is 0 Å². The van der Waals surface area contributed by atoms with Gasteiger partial charge in [-0.15, -0.1) is 0 Å². The predicted molar refractivity (Wildman–Crippen MR) is 50.5 cm³/mol. The third kappa shape index (κ3) is 1.82. The Labute approximate surface area is 86.6 Å². The SMILES string of the molecule is CN(C)c1nc(C#N)c(C#N)nc1C#N. The van der Waals surface area contributed by atoms with Crippen LogP contribution in [0.5, 0.6) is 0 Å². The number of anilines is 1. The van der Waals surface area contributed by atoms with Gasteiger partial charge in [0.15, 0.2) is 22.9 Å². The van der Waals surface area contributed by atoms with E-state index in [1.54, 1.807) is 31.1 Å². The Morgan fingerprint density at radius 1 is 0.867 bits per heavy atom. The van der Waals surface area contributed by atoms with Gasteiger partial charge in [0.2, 0.25) is 0 Å². The Balaban J connectivity index is 3.53. The monoisotopic (exact) mass is 198 g/mol. The van der Waals surface area contributed by atoms with E-state index in [-0.39, 0.29) is 22.9 Å². The van der Waals surface area contributed by atoms with Crippen molar-refractivity contribution in [2.45, 2.75) is 0 Å². The third-order valence-corrected chi connectivity index (χ3v) is 1.62. The van der Waals surface area contributed by atoms with E-state index in [0.717, 1.165) is 0 Å². The second-order valence-corrected chi connectivity index (χ2v) is 2.82. The zero-order valence-corrected chi connectivity index (χ0v) is 8.18. The number of rotatable bonds is 1.